The summed E-state index contributed by atoms with van der Waals surface area (Å²) in [6.07, 6.45) is -2.62. The largest absolute Gasteiger partial charge is 0.434 e. The molecule has 0 unspecified atom stereocenters. The number of carbonyl (C=O) groups excluding carboxylic acids is 1. The summed E-state index contributed by atoms with van der Waals surface area (Å²) in [5, 5.41) is 2.73. The molecular formula is C16H15F7N4O2. The monoisotopic (exact) mass is 428 g/mol. The molecule has 2 bridgehead atoms. The van der Waals surface area contributed by atoms with Crippen molar-refractivity contribution in [1.82, 2.24) is 14.9 Å². The first-order chi connectivity index (χ1) is 13.4. The Hall–Kier alpha value is -2.18. The van der Waals surface area contributed by atoms with Crippen LogP contribution in [0.15, 0.2) is 6.20 Å². The van der Waals surface area contributed by atoms with Crippen molar-refractivity contribution < 1.29 is 40.3 Å². The van der Waals surface area contributed by atoms with Gasteiger partial charge in [0.1, 0.15) is 0 Å². The van der Waals surface area contributed by atoms with Crippen molar-refractivity contribution in [3.05, 3.63) is 17.5 Å². The van der Waals surface area contributed by atoms with Gasteiger partial charge in [0.25, 0.3) is 5.91 Å². The van der Waals surface area contributed by atoms with Gasteiger partial charge >= 0.3 is 18.0 Å². The lowest BCUT2D eigenvalue weighted by atomic mass is 9.96. The van der Waals surface area contributed by atoms with Crippen LogP contribution in [-0.4, -0.2) is 64.0 Å². The molecular weight excluding hydrogens is 413 g/mol. The summed E-state index contributed by atoms with van der Waals surface area (Å²) < 4.78 is 99.2. The number of halogens is 7. The molecule has 29 heavy (non-hydrogen) atoms. The van der Waals surface area contributed by atoms with Crippen molar-refractivity contribution in [2.75, 3.05) is 18.4 Å². The Balaban J connectivity index is 1.59. The van der Waals surface area contributed by atoms with Gasteiger partial charge in [0.05, 0.1) is 36.9 Å². The van der Waals surface area contributed by atoms with E-state index >= 15 is 0 Å². The molecule has 3 saturated heterocycles. The topological polar surface area (TPSA) is 67.3 Å². The third kappa shape index (κ3) is 3.49. The maximum Gasteiger partial charge on any atom is 0.434 e. The number of carbonyl (C=O) groups is 1. The van der Waals surface area contributed by atoms with Crippen molar-refractivity contribution in [3.8, 4) is 0 Å². The average Bonchev–Trinajstić information content (AvgIpc) is 3.27. The minimum Gasteiger partial charge on any atom is -0.373 e. The molecule has 3 atom stereocenters. The van der Waals surface area contributed by atoms with E-state index in [-0.39, 0.29) is 23.1 Å². The fourth-order valence-electron chi connectivity index (χ4n) is 3.86. The molecule has 160 valence electrons. The molecule has 0 radical (unpaired) electrons. The number of amides is 1. The highest BCUT2D eigenvalue weighted by Gasteiger charge is 2.64. The first kappa shape index (κ1) is 20.1. The average molecular weight is 428 g/mol. The highest BCUT2D eigenvalue weighted by Crippen LogP contribution is 2.42. The maximum atomic E-state index is 13.4. The molecule has 4 rings (SSSR count). The fraction of sp³-hybridized carbons (Fsp3) is 0.688. The highest BCUT2D eigenvalue weighted by atomic mass is 19.4. The first-order valence-electron chi connectivity index (χ1n) is 8.78. The number of alkyl halides is 7. The summed E-state index contributed by atoms with van der Waals surface area (Å²) in [5.41, 5.74) is -2.84. The Labute approximate surface area is 159 Å². The van der Waals surface area contributed by atoms with Gasteiger partial charge in [-0.15, -0.1) is 0 Å². The Bertz CT molecular complexity index is 816. The fourth-order valence-corrected chi connectivity index (χ4v) is 3.86. The number of anilines is 1. The van der Waals surface area contributed by atoms with Crippen LogP contribution in [0.25, 0.3) is 0 Å². The van der Waals surface area contributed by atoms with Gasteiger partial charge in [-0.2, -0.15) is 30.7 Å². The van der Waals surface area contributed by atoms with Crippen molar-refractivity contribution >= 4 is 11.9 Å². The van der Waals surface area contributed by atoms with Gasteiger partial charge in [0, 0.05) is 6.20 Å². The molecule has 0 saturated carbocycles. The molecule has 0 aromatic carbocycles. The lowest BCUT2D eigenvalue weighted by Crippen LogP contribution is -2.38. The van der Waals surface area contributed by atoms with Gasteiger partial charge in [0.2, 0.25) is 5.95 Å². The van der Waals surface area contributed by atoms with Crippen LogP contribution in [0, 0.1) is 0 Å². The van der Waals surface area contributed by atoms with Gasteiger partial charge in [-0.3, -0.25) is 4.79 Å². The Morgan fingerprint density at radius 3 is 2.34 bits per heavy atom. The van der Waals surface area contributed by atoms with Crippen LogP contribution in [-0.2, 0) is 10.9 Å². The minimum atomic E-state index is -5.12. The molecule has 1 N–H and O–H groups in total. The Morgan fingerprint density at radius 2 is 1.83 bits per heavy atom. The van der Waals surface area contributed by atoms with Crippen LogP contribution in [0.2, 0.25) is 0 Å². The van der Waals surface area contributed by atoms with E-state index in [1.807, 2.05) is 0 Å². The van der Waals surface area contributed by atoms with Gasteiger partial charge in [0.15, 0.2) is 5.69 Å². The summed E-state index contributed by atoms with van der Waals surface area (Å²) >= 11 is 0. The summed E-state index contributed by atoms with van der Waals surface area (Å²) in [5.74, 6) is -11.1. The zero-order chi connectivity index (χ0) is 21.2. The highest BCUT2D eigenvalue weighted by molar-refractivity contribution is 5.95. The summed E-state index contributed by atoms with van der Waals surface area (Å²) in [7, 11) is 0. The van der Waals surface area contributed by atoms with Gasteiger partial charge < -0.3 is 15.0 Å². The number of nitrogens with zero attached hydrogens (tertiary/aromatic N) is 3. The second-order valence-corrected chi connectivity index (χ2v) is 7.38. The smallest absolute Gasteiger partial charge is 0.373 e. The number of hydrogen-bond donors (Lipinski definition) is 1. The standard InChI is InChI=1S/C16H15F7N4O2/c17-14(18)5-27(6-15(14,19)20)12(28)8-4-24-13(26-11(8)16(21,22)23)25-9-3-7-1-2-10(9)29-7/h4,7,9-10H,1-3,5-6H2,(H,24,25,26)/t7-,9+,10+/m0/s1. The second kappa shape index (κ2) is 6.41. The maximum absolute atomic E-state index is 13.4. The van der Waals surface area contributed by atoms with E-state index in [0.717, 1.165) is 12.8 Å². The number of hydrogen-bond acceptors (Lipinski definition) is 5. The predicted octanol–water partition coefficient (Wildman–Crippen LogP) is 2.95. The molecule has 0 spiro atoms. The lowest BCUT2D eigenvalue weighted by Gasteiger charge is -2.22. The number of nitrogens with one attached hydrogen (secondary N) is 1. The van der Waals surface area contributed by atoms with Crippen LogP contribution >= 0.6 is 0 Å². The molecule has 3 aliphatic rings. The van der Waals surface area contributed by atoms with Crippen molar-refractivity contribution in [1.29, 1.82) is 0 Å². The first-order valence-corrected chi connectivity index (χ1v) is 8.78. The van der Waals surface area contributed by atoms with Crippen LogP contribution in [0.1, 0.15) is 35.3 Å². The molecule has 3 aliphatic heterocycles. The normalized spacial score (nSPS) is 30.0. The van der Waals surface area contributed by atoms with E-state index in [1.54, 1.807) is 0 Å². The number of likely N-dealkylation sites (tertiary alicyclic amines) is 1. The van der Waals surface area contributed by atoms with Crippen LogP contribution in [0.4, 0.5) is 36.7 Å². The molecule has 0 aliphatic carbocycles. The molecule has 1 amide bonds. The summed E-state index contributed by atoms with van der Waals surface area (Å²) in [4.78, 5) is 19.3. The molecule has 6 nitrogen and oxygen atoms in total. The zero-order valence-electron chi connectivity index (χ0n) is 14.6. The number of fused-ring (bicyclic) bond motifs is 2. The second-order valence-electron chi connectivity index (χ2n) is 7.38. The molecule has 1 aromatic heterocycles. The van der Waals surface area contributed by atoms with E-state index in [1.165, 1.54) is 0 Å². The zero-order valence-corrected chi connectivity index (χ0v) is 14.6. The number of rotatable bonds is 3. The molecule has 3 fully saturated rings. The Morgan fingerprint density at radius 1 is 1.17 bits per heavy atom. The van der Waals surface area contributed by atoms with Gasteiger partial charge in [-0.25, -0.2) is 9.97 Å². The molecule has 13 heteroatoms. The van der Waals surface area contributed by atoms with Crippen LogP contribution in [0.3, 0.4) is 0 Å². The summed E-state index contributed by atoms with van der Waals surface area (Å²) in [6.45, 7) is -3.39. The lowest BCUT2D eigenvalue weighted by molar-refractivity contribution is -0.172. The van der Waals surface area contributed by atoms with Gasteiger partial charge in [-0.05, 0) is 19.3 Å². The van der Waals surface area contributed by atoms with Crippen molar-refractivity contribution in [3.63, 3.8) is 0 Å². The van der Waals surface area contributed by atoms with E-state index < -0.39 is 54.2 Å². The Kier molecular flexibility index (Phi) is 4.44. The van der Waals surface area contributed by atoms with E-state index in [4.69, 9.17) is 4.74 Å². The predicted molar refractivity (Wildman–Crippen MR) is 82.8 cm³/mol. The van der Waals surface area contributed by atoms with Crippen LogP contribution < -0.4 is 5.32 Å². The van der Waals surface area contributed by atoms with Gasteiger partial charge in [-0.1, -0.05) is 0 Å². The van der Waals surface area contributed by atoms with E-state index in [9.17, 15) is 35.5 Å². The molecule has 4 heterocycles. The minimum absolute atomic E-state index is 0.0129. The van der Waals surface area contributed by atoms with Crippen LogP contribution in [0.5, 0.6) is 0 Å². The SMILES string of the molecule is O=C(c1cnc(N[C@@H]2C[C@@H]3CC[C@H]2O3)nc1C(F)(F)F)N1CC(F)(F)C(F)(F)C1. The number of ether oxygens (including phenoxy) is 1. The van der Waals surface area contributed by atoms with E-state index in [0.29, 0.717) is 12.6 Å². The molecule has 1 aromatic rings. The third-order valence-electron chi connectivity index (χ3n) is 5.31. The number of aromatic nitrogens is 2. The summed E-state index contributed by atoms with van der Waals surface area (Å²) in [6, 6.07) is -0.299. The quantitative estimate of drug-likeness (QED) is 0.750. The van der Waals surface area contributed by atoms with E-state index in [2.05, 4.69) is 15.3 Å². The van der Waals surface area contributed by atoms with Crippen molar-refractivity contribution in [2.24, 2.45) is 0 Å². The van der Waals surface area contributed by atoms with Crippen molar-refractivity contribution in [2.45, 2.75) is 55.5 Å². The third-order valence-corrected chi connectivity index (χ3v) is 5.31.